The zero-order valence-electron chi connectivity index (χ0n) is 11.3. The highest BCUT2D eigenvalue weighted by atomic mass is 32.1. The summed E-state index contributed by atoms with van der Waals surface area (Å²) in [5, 5.41) is 4.20. The van der Waals surface area contributed by atoms with Crippen molar-refractivity contribution in [3.63, 3.8) is 0 Å². The van der Waals surface area contributed by atoms with Crippen LogP contribution in [0.1, 0.15) is 53.1 Å². The quantitative estimate of drug-likeness (QED) is 0.922. The molecule has 1 aromatic heterocycles. The molecule has 1 atom stereocenters. The molecule has 0 aliphatic carbocycles. The van der Waals surface area contributed by atoms with Gasteiger partial charge in [0.15, 0.2) is 0 Å². The predicted octanol–water partition coefficient (Wildman–Crippen LogP) is 3.33. The van der Waals surface area contributed by atoms with Crippen LogP contribution < -0.4 is 5.73 Å². The highest BCUT2D eigenvalue weighted by Crippen LogP contribution is 2.31. The standard InChI is InChI=1S/C14H19N3S/c1-8(2)13-14(18-17-16-13)12(15)11-7-5-6-9(3)10(11)4/h5-8,12H,15H2,1-4H3. The molecule has 2 N–H and O–H groups in total. The van der Waals surface area contributed by atoms with E-state index in [0.29, 0.717) is 5.92 Å². The molecule has 1 unspecified atom stereocenters. The first-order valence-electron chi connectivity index (χ1n) is 6.16. The maximum Gasteiger partial charge on any atom is 0.0832 e. The minimum Gasteiger partial charge on any atom is -0.319 e. The van der Waals surface area contributed by atoms with E-state index in [1.165, 1.54) is 28.2 Å². The Morgan fingerprint density at radius 1 is 1.22 bits per heavy atom. The van der Waals surface area contributed by atoms with E-state index in [2.05, 4.69) is 55.5 Å². The van der Waals surface area contributed by atoms with Crippen molar-refractivity contribution in [3.8, 4) is 0 Å². The predicted molar refractivity (Wildman–Crippen MR) is 75.9 cm³/mol. The molecule has 3 nitrogen and oxygen atoms in total. The van der Waals surface area contributed by atoms with Gasteiger partial charge >= 0.3 is 0 Å². The Hall–Kier alpha value is -1.26. The van der Waals surface area contributed by atoms with E-state index in [4.69, 9.17) is 5.73 Å². The first-order valence-corrected chi connectivity index (χ1v) is 6.93. The molecule has 0 amide bonds. The van der Waals surface area contributed by atoms with Gasteiger partial charge in [-0.1, -0.05) is 36.5 Å². The van der Waals surface area contributed by atoms with E-state index in [9.17, 15) is 0 Å². The summed E-state index contributed by atoms with van der Waals surface area (Å²) in [7, 11) is 0. The number of aromatic nitrogens is 2. The Kier molecular flexibility index (Phi) is 3.78. The molecule has 1 aromatic carbocycles. The van der Waals surface area contributed by atoms with Gasteiger partial charge in [0.2, 0.25) is 0 Å². The van der Waals surface area contributed by atoms with E-state index < -0.39 is 0 Å². The van der Waals surface area contributed by atoms with Crippen LogP contribution in [0.4, 0.5) is 0 Å². The number of hydrogen-bond acceptors (Lipinski definition) is 4. The summed E-state index contributed by atoms with van der Waals surface area (Å²) in [5.74, 6) is 0.356. The summed E-state index contributed by atoms with van der Waals surface area (Å²) in [6.07, 6.45) is 0. The summed E-state index contributed by atoms with van der Waals surface area (Å²) < 4.78 is 4.05. The number of hydrogen-bond donors (Lipinski definition) is 1. The van der Waals surface area contributed by atoms with Gasteiger partial charge in [0, 0.05) is 0 Å². The zero-order valence-corrected chi connectivity index (χ0v) is 12.1. The van der Waals surface area contributed by atoms with Gasteiger partial charge in [-0.25, -0.2) is 0 Å². The minimum atomic E-state index is -0.123. The number of rotatable bonds is 3. The van der Waals surface area contributed by atoms with Gasteiger partial charge in [-0.15, -0.1) is 5.10 Å². The third kappa shape index (κ3) is 2.31. The molecular weight excluding hydrogens is 242 g/mol. The zero-order chi connectivity index (χ0) is 13.3. The van der Waals surface area contributed by atoms with Crippen LogP contribution in [0.3, 0.4) is 0 Å². The van der Waals surface area contributed by atoms with Crippen molar-refractivity contribution in [2.75, 3.05) is 0 Å². The van der Waals surface area contributed by atoms with E-state index >= 15 is 0 Å². The first-order chi connectivity index (χ1) is 8.52. The van der Waals surface area contributed by atoms with Gasteiger partial charge in [0.1, 0.15) is 0 Å². The second-order valence-electron chi connectivity index (χ2n) is 4.94. The maximum atomic E-state index is 6.40. The van der Waals surface area contributed by atoms with Gasteiger partial charge in [-0.2, -0.15) is 0 Å². The fourth-order valence-corrected chi connectivity index (χ4v) is 2.90. The van der Waals surface area contributed by atoms with Crippen molar-refractivity contribution < 1.29 is 0 Å². The second-order valence-corrected chi connectivity index (χ2v) is 5.73. The van der Waals surface area contributed by atoms with Gasteiger partial charge in [-0.05, 0) is 48.0 Å². The van der Waals surface area contributed by atoms with E-state index in [-0.39, 0.29) is 6.04 Å². The highest BCUT2D eigenvalue weighted by Gasteiger charge is 2.20. The van der Waals surface area contributed by atoms with Crippen LogP contribution in [0.2, 0.25) is 0 Å². The van der Waals surface area contributed by atoms with Gasteiger partial charge < -0.3 is 5.73 Å². The lowest BCUT2D eigenvalue weighted by Crippen LogP contribution is -2.14. The van der Waals surface area contributed by atoms with E-state index in [0.717, 1.165) is 10.6 Å². The van der Waals surface area contributed by atoms with Gasteiger partial charge in [-0.3, -0.25) is 0 Å². The molecule has 0 bridgehead atoms. The van der Waals surface area contributed by atoms with Gasteiger partial charge in [0.05, 0.1) is 16.6 Å². The molecule has 2 aromatic rings. The number of nitrogens with zero attached hydrogens (tertiary/aromatic N) is 2. The fourth-order valence-electron chi connectivity index (χ4n) is 2.07. The highest BCUT2D eigenvalue weighted by molar-refractivity contribution is 7.05. The Labute approximate surface area is 112 Å². The lowest BCUT2D eigenvalue weighted by atomic mass is 9.95. The molecule has 0 saturated carbocycles. The van der Waals surface area contributed by atoms with Crippen LogP contribution in [-0.4, -0.2) is 9.59 Å². The first kappa shape index (κ1) is 13.2. The summed E-state index contributed by atoms with van der Waals surface area (Å²) in [4.78, 5) is 1.08. The van der Waals surface area contributed by atoms with Crippen molar-refractivity contribution in [1.82, 2.24) is 9.59 Å². The normalized spacial score (nSPS) is 13.0. The Bertz CT molecular complexity index is 546. The largest absolute Gasteiger partial charge is 0.319 e. The molecule has 2 rings (SSSR count). The Balaban J connectivity index is 2.45. The van der Waals surface area contributed by atoms with Crippen LogP contribution in [0.15, 0.2) is 18.2 Å². The molecule has 0 fully saturated rings. The molecule has 0 aliphatic heterocycles. The van der Waals surface area contributed by atoms with E-state index in [1.54, 1.807) is 0 Å². The molecule has 0 saturated heterocycles. The fraction of sp³-hybridized carbons (Fsp3) is 0.429. The lowest BCUT2D eigenvalue weighted by Gasteiger charge is -2.16. The maximum absolute atomic E-state index is 6.40. The van der Waals surface area contributed by atoms with Crippen LogP contribution in [0, 0.1) is 13.8 Å². The number of nitrogens with two attached hydrogens (primary N) is 1. The third-order valence-electron chi connectivity index (χ3n) is 3.35. The monoisotopic (exact) mass is 261 g/mol. The summed E-state index contributed by atoms with van der Waals surface area (Å²) in [6, 6.07) is 6.14. The summed E-state index contributed by atoms with van der Waals surface area (Å²) >= 11 is 1.41. The van der Waals surface area contributed by atoms with Crippen molar-refractivity contribution in [3.05, 3.63) is 45.5 Å². The summed E-state index contributed by atoms with van der Waals surface area (Å²) in [6.45, 7) is 8.47. The van der Waals surface area contributed by atoms with Crippen molar-refractivity contribution >= 4 is 11.5 Å². The average Bonchev–Trinajstić information content (AvgIpc) is 2.81. The smallest absolute Gasteiger partial charge is 0.0832 e. The van der Waals surface area contributed by atoms with Crippen LogP contribution in [0.25, 0.3) is 0 Å². The lowest BCUT2D eigenvalue weighted by molar-refractivity contribution is 0.768. The van der Waals surface area contributed by atoms with E-state index in [1.807, 2.05) is 0 Å². The Morgan fingerprint density at radius 3 is 2.61 bits per heavy atom. The molecule has 18 heavy (non-hydrogen) atoms. The van der Waals surface area contributed by atoms with Crippen molar-refractivity contribution in [2.24, 2.45) is 5.73 Å². The molecule has 1 heterocycles. The molecule has 96 valence electrons. The second kappa shape index (κ2) is 5.16. The van der Waals surface area contributed by atoms with Gasteiger partial charge in [0.25, 0.3) is 0 Å². The number of benzene rings is 1. The molecule has 4 heteroatoms. The third-order valence-corrected chi connectivity index (χ3v) is 4.17. The van der Waals surface area contributed by atoms with Crippen molar-refractivity contribution in [1.29, 1.82) is 0 Å². The molecule has 0 aliphatic rings. The number of aryl methyl sites for hydroxylation is 1. The summed E-state index contributed by atoms with van der Waals surface area (Å²) in [5.41, 5.74) is 11.1. The van der Waals surface area contributed by atoms with Crippen LogP contribution in [-0.2, 0) is 0 Å². The molecule has 0 radical (unpaired) electrons. The molecule has 0 spiro atoms. The Morgan fingerprint density at radius 2 is 1.94 bits per heavy atom. The molecular formula is C14H19N3S. The van der Waals surface area contributed by atoms with Crippen LogP contribution in [0.5, 0.6) is 0 Å². The average molecular weight is 261 g/mol. The minimum absolute atomic E-state index is 0.123. The SMILES string of the molecule is Cc1cccc(C(N)c2snnc2C(C)C)c1C. The topological polar surface area (TPSA) is 51.8 Å². The van der Waals surface area contributed by atoms with Crippen LogP contribution >= 0.6 is 11.5 Å². The van der Waals surface area contributed by atoms with Crippen molar-refractivity contribution in [2.45, 2.75) is 39.7 Å².